The fraction of sp³-hybridized carbons (Fsp3) is 0.174. The number of Topliss-reactive ketones (excluding diaryl/α,β-unsaturated/α-hetero) is 1. The van der Waals surface area contributed by atoms with Gasteiger partial charge in [0, 0.05) is 17.7 Å². The number of hydrogen-bond acceptors (Lipinski definition) is 5. The molecule has 0 saturated carbocycles. The normalized spacial score (nSPS) is 11.5. The molecule has 3 rings (SSSR count). The van der Waals surface area contributed by atoms with Crippen LogP contribution in [0.4, 0.5) is 5.69 Å². The number of rotatable bonds is 8. The Balaban J connectivity index is 1.56. The second-order valence-electron chi connectivity index (χ2n) is 6.43. The summed E-state index contributed by atoms with van der Waals surface area (Å²) in [6, 6.07) is 20.6. The van der Waals surface area contributed by atoms with Crippen molar-refractivity contribution >= 4 is 34.7 Å². The van der Waals surface area contributed by atoms with Crippen molar-refractivity contribution in [3.8, 4) is 11.1 Å². The molecule has 1 aromatic heterocycles. The van der Waals surface area contributed by atoms with Crippen LogP contribution in [0, 0.1) is 0 Å². The molecule has 0 radical (unpaired) electrons. The zero-order chi connectivity index (χ0) is 20.6. The number of thiophene rings is 1. The number of carbonyl (C=O) groups is 3. The number of nitrogens with one attached hydrogen (secondary N) is 1. The van der Waals surface area contributed by atoms with Crippen molar-refractivity contribution in [1.29, 1.82) is 0 Å². The molecule has 1 amide bonds. The molecule has 0 bridgehead atoms. The Kier molecular flexibility index (Phi) is 6.92. The van der Waals surface area contributed by atoms with Crippen molar-refractivity contribution < 1.29 is 19.1 Å². The number of para-hydroxylation sites is 1. The third-order valence-electron chi connectivity index (χ3n) is 4.30. The summed E-state index contributed by atoms with van der Waals surface area (Å²) in [5, 5.41) is 4.63. The lowest BCUT2D eigenvalue weighted by Crippen LogP contribution is -2.30. The Morgan fingerprint density at radius 3 is 2.38 bits per heavy atom. The second-order valence-corrected chi connectivity index (χ2v) is 7.38. The first-order valence-corrected chi connectivity index (χ1v) is 10.1. The summed E-state index contributed by atoms with van der Waals surface area (Å²) in [5.41, 5.74) is 2.49. The van der Waals surface area contributed by atoms with Crippen LogP contribution in [-0.2, 0) is 14.3 Å². The molecule has 1 unspecified atom stereocenters. The zero-order valence-electron chi connectivity index (χ0n) is 16.0. The average molecular weight is 407 g/mol. The highest BCUT2D eigenvalue weighted by molar-refractivity contribution is 7.12. The maximum Gasteiger partial charge on any atom is 0.307 e. The van der Waals surface area contributed by atoms with Gasteiger partial charge in [0.1, 0.15) is 0 Å². The quantitative estimate of drug-likeness (QED) is 0.424. The van der Waals surface area contributed by atoms with Gasteiger partial charge in [0.2, 0.25) is 0 Å². The van der Waals surface area contributed by atoms with Gasteiger partial charge in [-0.15, -0.1) is 11.3 Å². The minimum absolute atomic E-state index is 0.0600. The number of ether oxygens (including phenoxy) is 1. The van der Waals surface area contributed by atoms with Crippen LogP contribution in [-0.4, -0.2) is 23.8 Å². The lowest BCUT2D eigenvalue weighted by Gasteiger charge is -2.16. The van der Waals surface area contributed by atoms with E-state index < -0.39 is 18.0 Å². The zero-order valence-corrected chi connectivity index (χ0v) is 16.8. The molecular formula is C23H21NO4S. The van der Waals surface area contributed by atoms with Gasteiger partial charge in [-0.25, -0.2) is 0 Å². The third-order valence-corrected chi connectivity index (χ3v) is 5.21. The highest BCUT2D eigenvalue weighted by Gasteiger charge is 2.20. The van der Waals surface area contributed by atoms with Gasteiger partial charge in [0.05, 0.1) is 11.3 Å². The minimum atomic E-state index is -0.969. The molecule has 0 spiro atoms. The smallest absolute Gasteiger partial charge is 0.307 e. The average Bonchev–Trinajstić information content (AvgIpc) is 3.28. The summed E-state index contributed by atoms with van der Waals surface area (Å²) >= 11 is 1.34. The van der Waals surface area contributed by atoms with Gasteiger partial charge in [-0.1, -0.05) is 54.6 Å². The standard InChI is InChI=1S/C23H21NO4S/c1-16(28-22(26)14-13-20(25)21-12-7-15-29-21)23(27)24-19-11-6-5-10-18(19)17-8-3-2-4-9-17/h2-12,15-16H,13-14H2,1H3,(H,24,27). The number of amides is 1. The van der Waals surface area contributed by atoms with E-state index in [2.05, 4.69) is 5.32 Å². The monoisotopic (exact) mass is 407 g/mol. The number of ketones is 1. The summed E-state index contributed by atoms with van der Waals surface area (Å²) in [7, 11) is 0. The van der Waals surface area contributed by atoms with Gasteiger partial charge >= 0.3 is 5.97 Å². The highest BCUT2D eigenvalue weighted by Crippen LogP contribution is 2.27. The number of hydrogen-bond donors (Lipinski definition) is 1. The van der Waals surface area contributed by atoms with E-state index in [4.69, 9.17) is 4.74 Å². The predicted molar refractivity (Wildman–Crippen MR) is 114 cm³/mol. The summed E-state index contributed by atoms with van der Waals surface area (Å²) in [5.74, 6) is -1.11. The van der Waals surface area contributed by atoms with E-state index in [0.29, 0.717) is 10.6 Å². The second kappa shape index (κ2) is 9.80. The summed E-state index contributed by atoms with van der Waals surface area (Å²) in [4.78, 5) is 37.1. The molecule has 0 aliphatic carbocycles. The van der Waals surface area contributed by atoms with Gasteiger partial charge in [-0.3, -0.25) is 14.4 Å². The van der Waals surface area contributed by atoms with Crippen LogP contribution in [0.5, 0.6) is 0 Å². The number of anilines is 1. The molecule has 148 valence electrons. The lowest BCUT2D eigenvalue weighted by atomic mass is 10.0. The van der Waals surface area contributed by atoms with E-state index in [1.807, 2.05) is 53.9 Å². The Morgan fingerprint density at radius 2 is 1.66 bits per heavy atom. The van der Waals surface area contributed by atoms with Crippen molar-refractivity contribution in [2.45, 2.75) is 25.9 Å². The molecule has 1 N–H and O–H groups in total. The Bertz CT molecular complexity index is 983. The fourth-order valence-electron chi connectivity index (χ4n) is 2.78. The molecule has 6 heteroatoms. The minimum Gasteiger partial charge on any atom is -0.453 e. The van der Waals surface area contributed by atoms with Crippen LogP contribution in [0.25, 0.3) is 11.1 Å². The van der Waals surface area contributed by atoms with E-state index in [-0.39, 0.29) is 18.6 Å². The molecule has 0 fully saturated rings. The SMILES string of the molecule is CC(OC(=O)CCC(=O)c1cccs1)C(=O)Nc1ccccc1-c1ccccc1. The van der Waals surface area contributed by atoms with Crippen LogP contribution in [0.1, 0.15) is 29.4 Å². The van der Waals surface area contributed by atoms with Crippen LogP contribution in [0.3, 0.4) is 0 Å². The summed E-state index contributed by atoms with van der Waals surface area (Å²) in [6.07, 6.45) is -0.970. The van der Waals surface area contributed by atoms with Crippen LogP contribution in [0.15, 0.2) is 72.1 Å². The van der Waals surface area contributed by atoms with E-state index >= 15 is 0 Å². The molecule has 5 nitrogen and oxygen atoms in total. The Hall–Kier alpha value is -3.25. The molecule has 0 aliphatic heterocycles. The molecule has 0 aliphatic rings. The fourth-order valence-corrected chi connectivity index (χ4v) is 3.48. The first-order valence-electron chi connectivity index (χ1n) is 9.26. The third kappa shape index (κ3) is 5.62. The molecule has 3 aromatic rings. The molecular weight excluding hydrogens is 386 g/mol. The summed E-state index contributed by atoms with van der Waals surface area (Å²) < 4.78 is 5.20. The van der Waals surface area contributed by atoms with Gasteiger partial charge < -0.3 is 10.1 Å². The van der Waals surface area contributed by atoms with Gasteiger partial charge in [0.15, 0.2) is 11.9 Å². The maximum atomic E-state index is 12.5. The van der Waals surface area contributed by atoms with Crippen molar-refractivity contribution in [2.24, 2.45) is 0 Å². The van der Waals surface area contributed by atoms with Crippen molar-refractivity contribution in [2.75, 3.05) is 5.32 Å². The van der Waals surface area contributed by atoms with E-state index in [1.165, 1.54) is 18.3 Å². The van der Waals surface area contributed by atoms with E-state index in [0.717, 1.165) is 11.1 Å². The maximum absolute atomic E-state index is 12.5. The molecule has 29 heavy (non-hydrogen) atoms. The van der Waals surface area contributed by atoms with Gasteiger partial charge in [-0.2, -0.15) is 0 Å². The van der Waals surface area contributed by atoms with E-state index in [1.54, 1.807) is 18.2 Å². The van der Waals surface area contributed by atoms with Crippen LogP contribution < -0.4 is 5.32 Å². The number of esters is 1. The molecule has 1 heterocycles. The van der Waals surface area contributed by atoms with Gasteiger partial charge in [0.25, 0.3) is 5.91 Å². The number of benzene rings is 2. The first kappa shape index (κ1) is 20.5. The molecule has 1 atom stereocenters. The first-order chi connectivity index (χ1) is 14.0. The number of carbonyl (C=O) groups excluding carboxylic acids is 3. The van der Waals surface area contributed by atoms with Crippen LogP contribution >= 0.6 is 11.3 Å². The Labute approximate surface area is 173 Å². The largest absolute Gasteiger partial charge is 0.453 e. The highest BCUT2D eigenvalue weighted by atomic mass is 32.1. The topological polar surface area (TPSA) is 72.5 Å². The van der Waals surface area contributed by atoms with E-state index in [9.17, 15) is 14.4 Å². The molecule has 2 aromatic carbocycles. The van der Waals surface area contributed by atoms with Crippen LogP contribution in [0.2, 0.25) is 0 Å². The van der Waals surface area contributed by atoms with Crippen molar-refractivity contribution in [3.05, 3.63) is 77.0 Å². The summed E-state index contributed by atoms with van der Waals surface area (Å²) in [6.45, 7) is 1.51. The van der Waals surface area contributed by atoms with Gasteiger partial charge in [-0.05, 0) is 30.0 Å². The molecule has 0 saturated heterocycles. The predicted octanol–water partition coefficient (Wildman–Crippen LogP) is 4.95. The van der Waals surface area contributed by atoms with Crippen molar-refractivity contribution in [1.82, 2.24) is 0 Å². The lowest BCUT2D eigenvalue weighted by molar-refractivity contribution is -0.153. The Morgan fingerprint density at radius 1 is 0.931 bits per heavy atom. The van der Waals surface area contributed by atoms with Crippen molar-refractivity contribution in [3.63, 3.8) is 0 Å².